The number of nitrogens with zero attached hydrogens (tertiary/aromatic N) is 4. The van der Waals surface area contributed by atoms with Crippen molar-refractivity contribution in [2.45, 2.75) is 52.1 Å². The van der Waals surface area contributed by atoms with Crippen molar-refractivity contribution >= 4 is 17.2 Å². The first kappa shape index (κ1) is 15.2. The van der Waals surface area contributed by atoms with E-state index in [9.17, 15) is 4.79 Å². The Morgan fingerprint density at radius 2 is 2.27 bits per heavy atom. The Bertz CT molecular complexity index is 635. The van der Waals surface area contributed by atoms with Crippen molar-refractivity contribution in [3.05, 3.63) is 34.0 Å². The lowest BCUT2D eigenvalue weighted by Crippen LogP contribution is -2.38. The molecule has 118 valence electrons. The van der Waals surface area contributed by atoms with Gasteiger partial charge in [0.05, 0.1) is 11.7 Å². The first-order chi connectivity index (χ1) is 10.6. The second-order valence-corrected chi connectivity index (χ2v) is 6.80. The van der Waals surface area contributed by atoms with E-state index in [0.29, 0.717) is 13.0 Å². The summed E-state index contributed by atoms with van der Waals surface area (Å²) in [5, 5.41) is 7.49. The molecule has 1 aliphatic rings. The Kier molecular flexibility index (Phi) is 4.57. The van der Waals surface area contributed by atoms with Gasteiger partial charge in [0.2, 0.25) is 5.91 Å². The van der Waals surface area contributed by atoms with Crippen molar-refractivity contribution in [1.82, 2.24) is 19.7 Å². The van der Waals surface area contributed by atoms with Gasteiger partial charge >= 0.3 is 0 Å². The number of thiazole rings is 1. The summed E-state index contributed by atoms with van der Waals surface area (Å²) in [6, 6.07) is 2.21. The van der Waals surface area contributed by atoms with E-state index in [0.717, 1.165) is 35.8 Å². The highest BCUT2D eigenvalue weighted by Crippen LogP contribution is 2.32. The van der Waals surface area contributed by atoms with Crippen molar-refractivity contribution in [1.29, 1.82) is 0 Å². The normalized spacial score (nSPS) is 18.6. The van der Waals surface area contributed by atoms with E-state index < -0.39 is 0 Å². The monoisotopic (exact) mass is 318 g/mol. The smallest absolute Gasteiger partial charge is 0.225 e. The summed E-state index contributed by atoms with van der Waals surface area (Å²) in [4.78, 5) is 19.1. The fourth-order valence-corrected chi connectivity index (χ4v) is 3.92. The van der Waals surface area contributed by atoms with Crippen LogP contribution in [0.25, 0.3) is 0 Å². The van der Waals surface area contributed by atoms with E-state index in [4.69, 9.17) is 0 Å². The van der Waals surface area contributed by atoms with Crippen LogP contribution in [0.2, 0.25) is 0 Å². The molecule has 0 radical (unpaired) electrons. The van der Waals surface area contributed by atoms with Gasteiger partial charge in [-0.25, -0.2) is 4.98 Å². The molecule has 1 amide bonds. The molecule has 2 aromatic rings. The topological polar surface area (TPSA) is 51.0 Å². The molecule has 3 heterocycles. The molecule has 1 fully saturated rings. The van der Waals surface area contributed by atoms with Gasteiger partial charge in [-0.3, -0.25) is 9.48 Å². The molecule has 1 saturated heterocycles. The molecule has 0 unspecified atom stereocenters. The number of aryl methyl sites for hydroxylation is 3. The largest absolute Gasteiger partial charge is 0.333 e. The summed E-state index contributed by atoms with van der Waals surface area (Å²) in [6.07, 6.45) is 5.62. The molecule has 0 aliphatic carbocycles. The minimum Gasteiger partial charge on any atom is -0.333 e. The van der Waals surface area contributed by atoms with Gasteiger partial charge in [0, 0.05) is 36.8 Å². The Morgan fingerprint density at radius 3 is 2.95 bits per heavy atom. The molecule has 1 aliphatic heterocycles. The van der Waals surface area contributed by atoms with Gasteiger partial charge in [-0.05, 0) is 39.2 Å². The molecular weight excluding hydrogens is 296 g/mol. The van der Waals surface area contributed by atoms with Crippen LogP contribution >= 0.6 is 11.3 Å². The summed E-state index contributed by atoms with van der Waals surface area (Å²) >= 11 is 1.65. The second-order valence-electron chi connectivity index (χ2n) is 5.87. The van der Waals surface area contributed by atoms with Crippen LogP contribution in [0.3, 0.4) is 0 Å². The van der Waals surface area contributed by atoms with Crippen LogP contribution in [-0.2, 0) is 11.3 Å². The first-order valence-electron chi connectivity index (χ1n) is 7.85. The number of amides is 1. The number of carbonyl (C=O) groups is 1. The molecule has 5 nitrogen and oxygen atoms in total. The summed E-state index contributed by atoms with van der Waals surface area (Å²) < 4.78 is 1.93. The molecule has 0 aromatic carbocycles. The Hall–Kier alpha value is -1.69. The van der Waals surface area contributed by atoms with Gasteiger partial charge in [-0.2, -0.15) is 5.10 Å². The van der Waals surface area contributed by atoms with E-state index in [-0.39, 0.29) is 11.9 Å². The number of likely N-dealkylation sites (tertiary alicyclic amines) is 1. The Labute approximate surface area is 135 Å². The van der Waals surface area contributed by atoms with Crippen LogP contribution < -0.4 is 0 Å². The number of hydrogen-bond acceptors (Lipinski definition) is 4. The highest BCUT2D eigenvalue weighted by Gasteiger charge is 2.29. The van der Waals surface area contributed by atoms with Gasteiger partial charge in [-0.1, -0.05) is 0 Å². The zero-order valence-corrected chi connectivity index (χ0v) is 14.0. The fourth-order valence-electron chi connectivity index (χ4n) is 3.13. The van der Waals surface area contributed by atoms with E-state index in [1.807, 2.05) is 41.1 Å². The van der Waals surface area contributed by atoms with Gasteiger partial charge in [-0.15, -0.1) is 11.3 Å². The molecule has 2 aromatic heterocycles. The first-order valence-corrected chi connectivity index (χ1v) is 8.73. The van der Waals surface area contributed by atoms with E-state index >= 15 is 0 Å². The summed E-state index contributed by atoms with van der Waals surface area (Å²) in [7, 11) is 0. The van der Waals surface area contributed by atoms with E-state index in [2.05, 4.69) is 10.1 Å². The van der Waals surface area contributed by atoms with Crippen LogP contribution in [0.1, 0.15) is 48.1 Å². The minimum atomic E-state index is 0.168. The number of carbonyl (C=O) groups excluding carboxylic acids is 1. The number of piperidine rings is 1. The van der Waals surface area contributed by atoms with Crippen LogP contribution in [0.4, 0.5) is 0 Å². The molecule has 0 spiro atoms. The standard InChI is InChI=1S/C16H22N4OS/c1-12-11-13(2)20(18-12)9-6-15(21)19-8-4-3-5-14(19)16-17-7-10-22-16/h7,10-11,14H,3-6,8-9H2,1-2H3/t14-/m0/s1. The van der Waals surface area contributed by atoms with Crippen molar-refractivity contribution in [3.63, 3.8) is 0 Å². The van der Waals surface area contributed by atoms with Crippen LogP contribution in [0.15, 0.2) is 17.6 Å². The highest BCUT2D eigenvalue weighted by molar-refractivity contribution is 7.09. The van der Waals surface area contributed by atoms with E-state index in [1.54, 1.807) is 11.3 Å². The molecule has 22 heavy (non-hydrogen) atoms. The lowest BCUT2D eigenvalue weighted by atomic mass is 10.0. The van der Waals surface area contributed by atoms with Crippen LogP contribution in [0, 0.1) is 13.8 Å². The molecule has 0 bridgehead atoms. The van der Waals surface area contributed by atoms with Crippen molar-refractivity contribution in [2.24, 2.45) is 0 Å². The quantitative estimate of drug-likeness (QED) is 0.870. The van der Waals surface area contributed by atoms with Crippen molar-refractivity contribution in [3.8, 4) is 0 Å². The third-order valence-corrected chi connectivity index (χ3v) is 5.08. The van der Waals surface area contributed by atoms with E-state index in [1.165, 1.54) is 6.42 Å². The molecule has 0 saturated carbocycles. The zero-order chi connectivity index (χ0) is 15.5. The number of hydrogen-bond donors (Lipinski definition) is 0. The summed E-state index contributed by atoms with van der Waals surface area (Å²) in [6.45, 7) is 5.51. The van der Waals surface area contributed by atoms with Crippen molar-refractivity contribution in [2.75, 3.05) is 6.54 Å². The van der Waals surface area contributed by atoms with Gasteiger partial charge in [0.1, 0.15) is 5.01 Å². The maximum atomic E-state index is 12.7. The third-order valence-electron chi connectivity index (χ3n) is 4.20. The van der Waals surface area contributed by atoms with Crippen LogP contribution in [0.5, 0.6) is 0 Å². The summed E-state index contributed by atoms with van der Waals surface area (Å²) in [5.41, 5.74) is 2.11. The maximum Gasteiger partial charge on any atom is 0.225 e. The summed E-state index contributed by atoms with van der Waals surface area (Å²) in [5.74, 6) is 0.215. The number of aromatic nitrogens is 3. The Morgan fingerprint density at radius 1 is 1.41 bits per heavy atom. The van der Waals surface area contributed by atoms with Gasteiger partial charge in [0.15, 0.2) is 0 Å². The molecule has 6 heteroatoms. The van der Waals surface area contributed by atoms with Crippen LogP contribution in [-0.4, -0.2) is 32.1 Å². The average molecular weight is 318 g/mol. The molecule has 1 atom stereocenters. The molecular formula is C16H22N4OS. The average Bonchev–Trinajstić information content (AvgIpc) is 3.14. The van der Waals surface area contributed by atoms with Gasteiger partial charge < -0.3 is 4.90 Å². The predicted octanol–water partition coefficient (Wildman–Crippen LogP) is 3.10. The van der Waals surface area contributed by atoms with Gasteiger partial charge in [0.25, 0.3) is 0 Å². The molecule has 3 rings (SSSR count). The molecule has 0 N–H and O–H groups in total. The highest BCUT2D eigenvalue weighted by atomic mass is 32.1. The SMILES string of the molecule is Cc1cc(C)n(CCC(=O)N2CCCC[C@H]2c2nccs2)n1. The zero-order valence-electron chi connectivity index (χ0n) is 13.2. The van der Waals surface area contributed by atoms with Crippen molar-refractivity contribution < 1.29 is 4.79 Å². The minimum absolute atomic E-state index is 0.168. The second kappa shape index (κ2) is 6.60. The third kappa shape index (κ3) is 3.21. The lowest BCUT2D eigenvalue weighted by Gasteiger charge is -2.34. The lowest BCUT2D eigenvalue weighted by molar-refractivity contribution is -0.135. The maximum absolute atomic E-state index is 12.7. The fraction of sp³-hybridized carbons (Fsp3) is 0.562. The number of rotatable bonds is 4. The Balaban J connectivity index is 1.66. The predicted molar refractivity (Wildman–Crippen MR) is 86.7 cm³/mol.